The average Bonchev–Trinajstić information content (AvgIpc) is 3.14. The highest BCUT2D eigenvalue weighted by Gasteiger charge is 2.30. The number of hydrogen-bond donors (Lipinski definition) is 1. The van der Waals surface area contributed by atoms with E-state index in [1.807, 2.05) is 56.0 Å². The number of hydrogen-bond acceptors (Lipinski definition) is 5. The van der Waals surface area contributed by atoms with Gasteiger partial charge in [0.2, 0.25) is 5.95 Å². The minimum Gasteiger partial charge on any atom is -0.497 e. The molecule has 0 unspecified atom stereocenters. The largest absolute Gasteiger partial charge is 0.497 e. The number of fused-ring (bicyclic) bond motifs is 1. The van der Waals surface area contributed by atoms with E-state index in [2.05, 4.69) is 28.1 Å². The molecule has 33 heavy (non-hydrogen) atoms. The average molecular weight is 451 g/mol. The van der Waals surface area contributed by atoms with Crippen molar-refractivity contribution < 1.29 is 14.3 Å². The van der Waals surface area contributed by atoms with Crippen LogP contribution in [0.3, 0.4) is 0 Å². The Bertz CT molecular complexity index is 1090. The van der Waals surface area contributed by atoms with E-state index >= 15 is 0 Å². The van der Waals surface area contributed by atoms with Crippen LogP contribution in [0.4, 0.5) is 10.7 Å². The summed E-state index contributed by atoms with van der Waals surface area (Å²) in [7, 11) is 1.67. The zero-order chi connectivity index (χ0) is 23.4. The second kappa shape index (κ2) is 9.73. The molecular weight excluding hydrogens is 416 g/mol. The van der Waals surface area contributed by atoms with Gasteiger partial charge in [-0.2, -0.15) is 0 Å². The van der Waals surface area contributed by atoms with Gasteiger partial charge in [-0.15, -0.1) is 0 Å². The molecule has 0 bridgehead atoms. The summed E-state index contributed by atoms with van der Waals surface area (Å²) < 4.78 is 13.1. The van der Waals surface area contributed by atoms with Crippen LogP contribution in [0.15, 0.2) is 48.5 Å². The topological polar surface area (TPSA) is 68.6 Å². The van der Waals surface area contributed by atoms with Gasteiger partial charge in [-0.05, 0) is 69.9 Å². The molecule has 1 aliphatic rings. The third kappa shape index (κ3) is 5.59. The summed E-state index contributed by atoms with van der Waals surface area (Å²) in [6.45, 7) is 7.76. The van der Waals surface area contributed by atoms with Crippen LogP contribution >= 0.6 is 0 Å². The molecule has 7 heteroatoms. The van der Waals surface area contributed by atoms with Gasteiger partial charge in [0.05, 0.1) is 30.7 Å². The van der Waals surface area contributed by atoms with Gasteiger partial charge in [-0.3, -0.25) is 0 Å². The molecule has 2 aromatic carbocycles. The fraction of sp³-hybridized carbons (Fsp3) is 0.462. The van der Waals surface area contributed by atoms with Crippen molar-refractivity contribution >= 4 is 23.1 Å². The first-order valence-corrected chi connectivity index (χ1v) is 11.7. The number of likely N-dealkylation sites (tertiary alicyclic amines) is 1. The number of para-hydroxylation sites is 2. The standard InChI is InChI=1S/C26H34N4O3/c1-26(2,3)33-25(31)29-16-8-7-9-20(29)17-27-24-28-22-10-5-6-11-23(22)30(24)18-19-12-14-21(32-4)15-13-19/h5-6,10-15,20H,7-9,16-18H2,1-4H3,(H,27,28)/t20-/m1/s1. The Kier molecular flexibility index (Phi) is 6.77. The number of aromatic nitrogens is 2. The summed E-state index contributed by atoms with van der Waals surface area (Å²) in [5, 5.41) is 3.54. The van der Waals surface area contributed by atoms with Crippen LogP contribution in [0.2, 0.25) is 0 Å². The molecule has 1 N–H and O–H groups in total. The summed E-state index contributed by atoms with van der Waals surface area (Å²) in [5.41, 5.74) is 2.68. The SMILES string of the molecule is COc1ccc(Cn2c(NC[C@H]3CCCCN3C(=O)OC(C)(C)C)nc3ccccc32)cc1. The summed E-state index contributed by atoms with van der Waals surface area (Å²) in [5.74, 6) is 1.65. The molecule has 3 aromatic rings. The normalized spacial score (nSPS) is 16.6. The number of piperidine rings is 1. The number of anilines is 1. The second-order valence-electron chi connectivity index (χ2n) is 9.56. The Morgan fingerprint density at radius 1 is 1.12 bits per heavy atom. The monoisotopic (exact) mass is 450 g/mol. The molecule has 1 amide bonds. The molecule has 0 saturated carbocycles. The van der Waals surface area contributed by atoms with Gasteiger partial charge in [0.15, 0.2) is 0 Å². The van der Waals surface area contributed by atoms with Crippen molar-refractivity contribution in [2.75, 3.05) is 25.5 Å². The third-order valence-corrected chi connectivity index (χ3v) is 5.91. The first-order chi connectivity index (χ1) is 15.8. The van der Waals surface area contributed by atoms with Gasteiger partial charge in [-0.25, -0.2) is 9.78 Å². The highest BCUT2D eigenvalue weighted by atomic mass is 16.6. The Morgan fingerprint density at radius 2 is 1.88 bits per heavy atom. The summed E-state index contributed by atoms with van der Waals surface area (Å²) in [6, 6.07) is 16.3. The summed E-state index contributed by atoms with van der Waals surface area (Å²) in [6.07, 6.45) is 2.82. The molecule has 176 valence electrons. The molecule has 4 rings (SSSR count). The number of carbonyl (C=O) groups excluding carboxylic acids is 1. The summed E-state index contributed by atoms with van der Waals surface area (Å²) >= 11 is 0. The van der Waals surface area contributed by atoms with Gasteiger partial charge < -0.3 is 24.3 Å². The Morgan fingerprint density at radius 3 is 2.61 bits per heavy atom. The lowest BCUT2D eigenvalue weighted by atomic mass is 10.0. The van der Waals surface area contributed by atoms with Crippen molar-refractivity contribution in [2.24, 2.45) is 0 Å². The van der Waals surface area contributed by atoms with E-state index in [0.29, 0.717) is 13.1 Å². The number of benzene rings is 2. The lowest BCUT2D eigenvalue weighted by Gasteiger charge is -2.36. The zero-order valence-electron chi connectivity index (χ0n) is 20.0. The molecule has 2 heterocycles. The van der Waals surface area contributed by atoms with Crippen LogP contribution in [0.5, 0.6) is 5.75 Å². The molecule has 1 saturated heterocycles. The predicted molar refractivity (Wildman–Crippen MR) is 131 cm³/mol. The molecule has 1 aromatic heterocycles. The number of ether oxygens (including phenoxy) is 2. The fourth-order valence-corrected chi connectivity index (χ4v) is 4.27. The quantitative estimate of drug-likeness (QED) is 0.552. The van der Waals surface area contributed by atoms with E-state index in [1.54, 1.807) is 7.11 Å². The van der Waals surface area contributed by atoms with Crippen LogP contribution in [0, 0.1) is 0 Å². The first kappa shape index (κ1) is 23.0. The minimum absolute atomic E-state index is 0.0721. The molecule has 0 spiro atoms. The molecule has 7 nitrogen and oxygen atoms in total. The second-order valence-corrected chi connectivity index (χ2v) is 9.56. The Labute approximate surface area is 195 Å². The van der Waals surface area contributed by atoms with Crippen molar-refractivity contribution in [2.45, 2.75) is 58.2 Å². The van der Waals surface area contributed by atoms with Gasteiger partial charge in [0.1, 0.15) is 11.4 Å². The van der Waals surface area contributed by atoms with Crippen molar-refractivity contribution in [3.05, 3.63) is 54.1 Å². The van der Waals surface area contributed by atoms with Gasteiger partial charge >= 0.3 is 6.09 Å². The van der Waals surface area contributed by atoms with Crippen LogP contribution in [-0.4, -0.2) is 52.4 Å². The lowest BCUT2D eigenvalue weighted by Crippen LogP contribution is -2.49. The van der Waals surface area contributed by atoms with E-state index in [-0.39, 0.29) is 12.1 Å². The van der Waals surface area contributed by atoms with Crippen LogP contribution in [0.25, 0.3) is 11.0 Å². The molecule has 1 fully saturated rings. The van der Waals surface area contributed by atoms with Crippen molar-refractivity contribution in [1.82, 2.24) is 14.5 Å². The van der Waals surface area contributed by atoms with E-state index < -0.39 is 5.60 Å². The van der Waals surface area contributed by atoms with Crippen LogP contribution in [-0.2, 0) is 11.3 Å². The number of nitrogens with zero attached hydrogens (tertiary/aromatic N) is 3. The van der Waals surface area contributed by atoms with Gasteiger partial charge in [-0.1, -0.05) is 24.3 Å². The number of rotatable bonds is 6. The van der Waals surface area contributed by atoms with Crippen molar-refractivity contribution in [1.29, 1.82) is 0 Å². The Balaban J connectivity index is 1.54. The number of methoxy groups -OCH3 is 1. The summed E-state index contributed by atoms with van der Waals surface area (Å²) in [4.78, 5) is 19.5. The van der Waals surface area contributed by atoms with Gasteiger partial charge in [0.25, 0.3) is 0 Å². The van der Waals surface area contributed by atoms with Crippen LogP contribution in [0.1, 0.15) is 45.6 Å². The maximum atomic E-state index is 12.8. The molecule has 1 aliphatic heterocycles. The Hall–Kier alpha value is -3.22. The molecular formula is C26H34N4O3. The van der Waals surface area contributed by atoms with E-state index in [1.165, 1.54) is 0 Å². The molecule has 0 aliphatic carbocycles. The fourth-order valence-electron chi connectivity index (χ4n) is 4.27. The number of nitrogens with one attached hydrogen (secondary N) is 1. The maximum absolute atomic E-state index is 12.8. The van der Waals surface area contributed by atoms with Crippen molar-refractivity contribution in [3.8, 4) is 5.75 Å². The first-order valence-electron chi connectivity index (χ1n) is 11.7. The highest BCUT2D eigenvalue weighted by molar-refractivity contribution is 5.78. The number of imidazole rings is 1. The smallest absolute Gasteiger partial charge is 0.410 e. The van der Waals surface area contributed by atoms with E-state index in [0.717, 1.165) is 54.1 Å². The predicted octanol–water partition coefficient (Wildman–Crippen LogP) is 5.29. The molecule has 1 atom stereocenters. The van der Waals surface area contributed by atoms with Crippen LogP contribution < -0.4 is 10.1 Å². The van der Waals surface area contributed by atoms with Crippen molar-refractivity contribution in [3.63, 3.8) is 0 Å². The number of carbonyl (C=O) groups is 1. The van der Waals surface area contributed by atoms with E-state index in [4.69, 9.17) is 14.5 Å². The van der Waals surface area contributed by atoms with Gasteiger partial charge in [0, 0.05) is 13.1 Å². The lowest BCUT2D eigenvalue weighted by molar-refractivity contribution is 0.0114. The number of amides is 1. The maximum Gasteiger partial charge on any atom is 0.410 e. The highest BCUT2D eigenvalue weighted by Crippen LogP contribution is 2.24. The zero-order valence-corrected chi connectivity index (χ0v) is 20.0. The molecule has 0 radical (unpaired) electrons. The third-order valence-electron chi connectivity index (χ3n) is 5.91. The minimum atomic E-state index is -0.501. The van der Waals surface area contributed by atoms with E-state index in [9.17, 15) is 4.79 Å².